The van der Waals surface area contributed by atoms with Gasteiger partial charge in [-0.3, -0.25) is 0 Å². The van der Waals surface area contributed by atoms with Crippen LogP contribution in [0.4, 0.5) is 0 Å². The van der Waals surface area contributed by atoms with E-state index in [1.807, 2.05) is 24.3 Å². The van der Waals surface area contributed by atoms with E-state index in [1.54, 1.807) is 19.1 Å². The van der Waals surface area contributed by atoms with Crippen molar-refractivity contribution in [3.8, 4) is 6.07 Å². The number of esters is 1. The standard InChI is InChI=1S/C16H13NO2/c1-3-19-16(18)11(2)15-9-13-7-5-4-6-12(13)8-14(15)10-17/h4-9H,2-3H2,1H3. The zero-order chi connectivity index (χ0) is 13.8. The molecule has 0 amide bonds. The molecule has 2 aromatic rings. The van der Waals surface area contributed by atoms with Crippen LogP contribution in [0.5, 0.6) is 0 Å². The first-order valence-corrected chi connectivity index (χ1v) is 5.96. The van der Waals surface area contributed by atoms with Gasteiger partial charge in [0.05, 0.1) is 23.8 Å². The molecule has 2 aromatic carbocycles. The highest BCUT2D eigenvalue weighted by Gasteiger charge is 2.15. The lowest BCUT2D eigenvalue weighted by molar-refractivity contribution is -0.136. The van der Waals surface area contributed by atoms with E-state index in [-0.39, 0.29) is 12.2 Å². The molecule has 0 atom stereocenters. The van der Waals surface area contributed by atoms with Gasteiger partial charge in [0.25, 0.3) is 0 Å². The summed E-state index contributed by atoms with van der Waals surface area (Å²) >= 11 is 0. The average Bonchev–Trinajstić information content (AvgIpc) is 2.45. The van der Waals surface area contributed by atoms with Gasteiger partial charge in [0, 0.05) is 5.56 Å². The van der Waals surface area contributed by atoms with Crippen molar-refractivity contribution in [3.63, 3.8) is 0 Å². The number of hydrogen-bond acceptors (Lipinski definition) is 3. The zero-order valence-corrected chi connectivity index (χ0v) is 10.6. The number of rotatable bonds is 3. The molecular weight excluding hydrogens is 238 g/mol. The molecule has 0 heterocycles. The summed E-state index contributed by atoms with van der Waals surface area (Å²) in [5.41, 5.74) is 1.17. The largest absolute Gasteiger partial charge is 0.462 e. The molecule has 0 spiro atoms. The summed E-state index contributed by atoms with van der Waals surface area (Å²) in [6, 6.07) is 13.3. The summed E-state index contributed by atoms with van der Waals surface area (Å²) < 4.78 is 4.92. The van der Waals surface area contributed by atoms with Gasteiger partial charge in [-0.15, -0.1) is 0 Å². The van der Waals surface area contributed by atoms with Gasteiger partial charge in [0.1, 0.15) is 0 Å². The summed E-state index contributed by atoms with van der Waals surface area (Å²) in [7, 11) is 0. The Bertz CT molecular complexity index is 695. The van der Waals surface area contributed by atoms with Crippen LogP contribution >= 0.6 is 0 Å². The van der Waals surface area contributed by atoms with Crippen LogP contribution in [0.15, 0.2) is 43.0 Å². The van der Waals surface area contributed by atoms with E-state index in [0.717, 1.165) is 10.8 Å². The SMILES string of the molecule is C=C(C(=O)OCC)c1cc2ccccc2cc1C#N. The maximum Gasteiger partial charge on any atom is 0.338 e. The first-order valence-electron chi connectivity index (χ1n) is 5.96. The van der Waals surface area contributed by atoms with Gasteiger partial charge < -0.3 is 4.74 Å². The summed E-state index contributed by atoms with van der Waals surface area (Å²) in [6.45, 7) is 5.75. The molecule has 0 aliphatic carbocycles. The number of fused-ring (bicyclic) bond motifs is 1. The van der Waals surface area contributed by atoms with Crippen LogP contribution in [0, 0.1) is 11.3 Å². The predicted octanol–water partition coefficient (Wildman–Crippen LogP) is 3.29. The van der Waals surface area contributed by atoms with E-state index in [1.165, 1.54) is 0 Å². The molecule has 0 aliphatic heterocycles. The van der Waals surface area contributed by atoms with E-state index in [2.05, 4.69) is 12.6 Å². The maximum atomic E-state index is 11.7. The zero-order valence-electron chi connectivity index (χ0n) is 10.6. The van der Waals surface area contributed by atoms with Crippen LogP contribution < -0.4 is 0 Å². The van der Waals surface area contributed by atoms with Crippen LogP contribution in [0.1, 0.15) is 18.1 Å². The molecule has 0 saturated heterocycles. The molecule has 19 heavy (non-hydrogen) atoms. The number of nitrogens with zero attached hydrogens (tertiary/aromatic N) is 1. The van der Waals surface area contributed by atoms with Crippen LogP contribution in [0.3, 0.4) is 0 Å². The molecule has 0 aliphatic rings. The molecule has 0 aromatic heterocycles. The lowest BCUT2D eigenvalue weighted by Crippen LogP contribution is -2.07. The lowest BCUT2D eigenvalue weighted by atomic mass is 9.97. The Morgan fingerprint density at radius 1 is 1.32 bits per heavy atom. The van der Waals surface area contributed by atoms with Crippen molar-refractivity contribution in [1.29, 1.82) is 5.26 Å². The normalized spacial score (nSPS) is 9.89. The van der Waals surface area contributed by atoms with E-state index < -0.39 is 5.97 Å². The Hall–Kier alpha value is -2.60. The van der Waals surface area contributed by atoms with Crippen LogP contribution in [-0.4, -0.2) is 12.6 Å². The molecule has 0 saturated carbocycles. The minimum atomic E-state index is -0.491. The molecule has 0 bridgehead atoms. The van der Waals surface area contributed by atoms with Crippen molar-refractivity contribution in [1.82, 2.24) is 0 Å². The van der Waals surface area contributed by atoms with Gasteiger partial charge in [-0.1, -0.05) is 30.8 Å². The third kappa shape index (κ3) is 2.48. The fraction of sp³-hybridized carbons (Fsp3) is 0.125. The molecule has 0 N–H and O–H groups in total. The number of carbonyl (C=O) groups excluding carboxylic acids is 1. The van der Waals surface area contributed by atoms with Gasteiger partial charge >= 0.3 is 5.97 Å². The van der Waals surface area contributed by atoms with Gasteiger partial charge in [0.15, 0.2) is 0 Å². The van der Waals surface area contributed by atoms with E-state index in [0.29, 0.717) is 11.1 Å². The summed E-state index contributed by atoms with van der Waals surface area (Å²) in [6.07, 6.45) is 0. The van der Waals surface area contributed by atoms with Crippen molar-refractivity contribution in [2.45, 2.75) is 6.92 Å². The van der Waals surface area contributed by atoms with E-state index >= 15 is 0 Å². The number of nitriles is 1. The highest BCUT2D eigenvalue weighted by molar-refractivity contribution is 6.17. The lowest BCUT2D eigenvalue weighted by Gasteiger charge is -2.09. The van der Waals surface area contributed by atoms with Crippen molar-refractivity contribution in [2.75, 3.05) is 6.61 Å². The fourth-order valence-electron chi connectivity index (χ4n) is 1.91. The number of ether oxygens (including phenoxy) is 1. The second kappa shape index (κ2) is 5.36. The first kappa shape index (κ1) is 12.8. The van der Waals surface area contributed by atoms with Crippen molar-refractivity contribution in [3.05, 3.63) is 54.1 Å². The molecule has 2 rings (SSSR count). The average molecular weight is 251 g/mol. The van der Waals surface area contributed by atoms with Crippen LogP contribution in [0.2, 0.25) is 0 Å². The third-order valence-electron chi connectivity index (χ3n) is 2.85. The van der Waals surface area contributed by atoms with E-state index in [4.69, 9.17) is 4.74 Å². The topological polar surface area (TPSA) is 50.1 Å². The number of hydrogen-bond donors (Lipinski definition) is 0. The Morgan fingerprint density at radius 3 is 2.53 bits per heavy atom. The Labute approximate surface area is 111 Å². The highest BCUT2D eigenvalue weighted by Crippen LogP contribution is 2.25. The Kier molecular flexibility index (Phi) is 3.63. The van der Waals surface area contributed by atoms with Crippen molar-refractivity contribution in [2.24, 2.45) is 0 Å². The molecule has 3 heteroatoms. The molecule has 94 valence electrons. The monoisotopic (exact) mass is 251 g/mol. The van der Waals surface area contributed by atoms with E-state index in [9.17, 15) is 10.1 Å². The second-order valence-electron chi connectivity index (χ2n) is 4.06. The van der Waals surface area contributed by atoms with Crippen molar-refractivity contribution >= 4 is 22.3 Å². The Morgan fingerprint density at radius 2 is 1.95 bits per heavy atom. The highest BCUT2D eigenvalue weighted by atomic mass is 16.5. The summed E-state index contributed by atoms with van der Waals surface area (Å²) in [5.74, 6) is -0.491. The van der Waals surface area contributed by atoms with Gasteiger partial charge in [-0.05, 0) is 29.8 Å². The van der Waals surface area contributed by atoms with Crippen molar-refractivity contribution < 1.29 is 9.53 Å². The molecule has 3 nitrogen and oxygen atoms in total. The summed E-state index contributed by atoms with van der Waals surface area (Å²) in [5, 5.41) is 11.1. The van der Waals surface area contributed by atoms with Crippen LogP contribution in [0.25, 0.3) is 16.3 Å². The minimum Gasteiger partial charge on any atom is -0.462 e. The molecule has 0 fully saturated rings. The quantitative estimate of drug-likeness (QED) is 0.621. The second-order valence-corrected chi connectivity index (χ2v) is 4.06. The minimum absolute atomic E-state index is 0.212. The summed E-state index contributed by atoms with van der Waals surface area (Å²) in [4.78, 5) is 11.7. The molecule has 0 radical (unpaired) electrons. The molecule has 0 unspecified atom stereocenters. The van der Waals surface area contributed by atoms with Crippen LogP contribution in [-0.2, 0) is 9.53 Å². The maximum absolute atomic E-state index is 11.7. The molecular formula is C16H13NO2. The predicted molar refractivity (Wildman–Crippen MR) is 74.3 cm³/mol. The Balaban J connectivity index is 2.56. The third-order valence-corrected chi connectivity index (χ3v) is 2.85. The smallest absolute Gasteiger partial charge is 0.338 e. The fourth-order valence-corrected chi connectivity index (χ4v) is 1.91. The van der Waals surface area contributed by atoms with Gasteiger partial charge in [0.2, 0.25) is 0 Å². The van der Waals surface area contributed by atoms with Gasteiger partial charge in [-0.25, -0.2) is 4.79 Å². The van der Waals surface area contributed by atoms with Gasteiger partial charge in [-0.2, -0.15) is 5.26 Å². The first-order chi connectivity index (χ1) is 9.17. The number of carbonyl (C=O) groups is 1. The number of benzene rings is 2.